The maximum absolute atomic E-state index is 13.8. The topological polar surface area (TPSA) is 66.3 Å². The van der Waals surface area contributed by atoms with Crippen LogP contribution in [0, 0.1) is 5.92 Å². The number of carbonyl (C=O) groups is 1. The smallest absolute Gasteiger partial charge is 0.339 e. The minimum absolute atomic E-state index is 0.0584. The standard InChI is InChI=1S/C25H24F2N3O2PS2/c1-14(2)11-20-21(19-10-9-18(34-19)15-7-5-4-6-8-15)29-24(35-20)30(3)22-17(23(31)32)12-16(13-28-22)25(26,27)33/h4-10,12-14H,11,33H2,1-3H3,(H,31,32). The Morgan fingerprint density at radius 3 is 2.46 bits per heavy atom. The molecule has 35 heavy (non-hydrogen) atoms. The second-order valence-corrected chi connectivity index (χ2v) is 11.3. The van der Waals surface area contributed by atoms with Gasteiger partial charge in [0.05, 0.1) is 10.6 Å². The Kier molecular flexibility index (Phi) is 7.31. The molecule has 1 unspecified atom stereocenters. The molecule has 0 amide bonds. The largest absolute Gasteiger partial charge is 0.478 e. The average molecular weight is 532 g/mol. The van der Waals surface area contributed by atoms with Gasteiger partial charge in [-0.1, -0.05) is 53.4 Å². The Hall–Kier alpha value is -2.74. The van der Waals surface area contributed by atoms with E-state index in [0.29, 0.717) is 11.0 Å². The van der Waals surface area contributed by atoms with Crippen molar-refractivity contribution in [1.29, 1.82) is 0 Å². The van der Waals surface area contributed by atoms with Gasteiger partial charge in [-0.2, -0.15) is 8.78 Å². The first-order chi connectivity index (χ1) is 16.5. The summed E-state index contributed by atoms with van der Waals surface area (Å²) in [6.07, 6.45) is 1.80. The predicted octanol–water partition coefficient (Wildman–Crippen LogP) is 7.52. The van der Waals surface area contributed by atoms with Gasteiger partial charge in [-0.25, -0.2) is 14.8 Å². The fourth-order valence-electron chi connectivity index (χ4n) is 3.56. The molecule has 0 radical (unpaired) electrons. The SMILES string of the molecule is CC(C)Cc1sc(N(C)c2ncc(C(F)(F)P)cc2C(=O)O)nc1-c1ccc(-c2ccccc2)s1. The number of halogens is 2. The average Bonchev–Trinajstić information content (AvgIpc) is 3.45. The van der Waals surface area contributed by atoms with Crippen LogP contribution in [0.4, 0.5) is 19.7 Å². The lowest BCUT2D eigenvalue weighted by molar-refractivity contribution is 0.0696. The van der Waals surface area contributed by atoms with E-state index in [1.807, 2.05) is 24.3 Å². The van der Waals surface area contributed by atoms with Crippen molar-refractivity contribution in [2.45, 2.75) is 25.9 Å². The lowest BCUT2D eigenvalue weighted by Crippen LogP contribution is -2.17. The van der Waals surface area contributed by atoms with Gasteiger partial charge in [-0.3, -0.25) is 0 Å². The van der Waals surface area contributed by atoms with Gasteiger partial charge in [0.1, 0.15) is 11.4 Å². The highest BCUT2D eigenvalue weighted by molar-refractivity contribution is 7.20. The molecule has 0 bridgehead atoms. The summed E-state index contributed by atoms with van der Waals surface area (Å²) in [7, 11) is 3.06. The number of alkyl halides is 2. The van der Waals surface area contributed by atoms with Crippen LogP contribution in [-0.2, 0) is 12.1 Å². The zero-order valence-corrected chi connectivity index (χ0v) is 22.1. The van der Waals surface area contributed by atoms with Gasteiger partial charge in [0, 0.05) is 28.6 Å². The maximum atomic E-state index is 13.8. The lowest BCUT2D eigenvalue weighted by atomic mass is 10.1. The van der Waals surface area contributed by atoms with E-state index in [1.54, 1.807) is 23.3 Å². The van der Waals surface area contributed by atoms with Crippen LogP contribution in [0.3, 0.4) is 0 Å². The van der Waals surface area contributed by atoms with Crippen molar-refractivity contribution in [3.05, 3.63) is 70.7 Å². The van der Waals surface area contributed by atoms with E-state index in [1.165, 1.54) is 20.6 Å². The Balaban J connectivity index is 1.75. The molecule has 0 aliphatic heterocycles. The number of hydrogen-bond acceptors (Lipinski definition) is 6. The Bertz CT molecular complexity index is 1350. The van der Waals surface area contributed by atoms with Crippen LogP contribution < -0.4 is 4.90 Å². The molecular weight excluding hydrogens is 507 g/mol. The number of benzene rings is 1. The lowest BCUT2D eigenvalue weighted by Gasteiger charge is -2.19. The highest BCUT2D eigenvalue weighted by atomic mass is 32.1. The van der Waals surface area contributed by atoms with Crippen molar-refractivity contribution in [2.75, 3.05) is 11.9 Å². The molecule has 3 aromatic heterocycles. The fourth-order valence-corrected chi connectivity index (χ4v) is 6.06. The third kappa shape index (κ3) is 5.58. The zero-order chi connectivity index (χ0) is 25.3. The number of carboxylic acids is 1. The molecule has 10 heteroatoms. The molecule has 0 aliphatic rings. The third-order valence-corrected chi connectivity index (χ3v) is 7.89. The normalized spacial score (nSPS) is 11.7. The van der Waals surface area contributed by atoms with E-state index in [-0.39, 0.29) is 11.4 Å². The number of anilines is 2. The maximum Gasteiger partial charge on any atom is 0.339 e. The molecule has 0 aliphatic carbocycles. The van der Waals surface area contributed by atoms with Crippen molar-refractivity contribution in [1.82, 2.24) is 9.97 Å². The molecule has 0 saturated heterocycles. The van der Waals surface area contributed by atoms with Crippen molar-refractivity contribution < 1.29 is 18.7 Å². The summed E-state index contributed by atoms with van der Waals surface area (Å²) in [5.41, 5.74) is -2.09. The van der Waals surface area contributed by atoms with E-state index in [0.717, 1.165) is 44.6 Å². The minimum atomic E-state index is -3.28. The minimum Gasteiger partial charge on any atom is -0.478 e. The van der Waals surface area contributed by atoms with Crippen molar-refractivity contribution in [3.8, 4) is 21.0 Å². The second kappa shape index (κ2) is 10.1. The quantitative estimate of drug-likeness (QED) is 0.238. The van der Waals surface area contributed by atoms with Gasteiger partial charge in [0.2, 0.25) is 0 Å². The van der Waals surface area contributed by atoms with Crippen LogP contribution in [0.25, 0.3) is 21.0 Å². The molecule has 182 valence electrons. The van der Waals surface area contributed by atoms with Crippen molar-refractivity contribution in [2.24, 2.45) is 5.92 Å². The number of thiophene rings is 1. The Morgan fingerprint density at radius 1 is 1.14 bits per heavy atom. The molecule has 0 fully saturated rings. The molecule has 0 spiro atoms. The van der Waals surface area contributed by atoms with E-state index >= 15 is 0 Å². The molecule has 4 rings (SSSR count). The molecule has 1 N–H and O–H groups in total. The number of thiazole rings is 1. The van der Waals surface area contributed by atoms with Crippen LogP contribution in [0.1, 0.15) is 34.6 Å². The van der Waals surface area contributed by atoms with Gasteiger partial charge >= 0.3 is 5.97 Å². The number of aromatic carboxylic acids is 1. The van der Waals surface area contributed by atoms with Crippen LogP contribution in [0.5, 0.6) is 0 Å². The Morgan fingerprint density at radius 2 is 1.83 bits per heavy atom. The summed E-state index contributed by atoms with van der Waals surface area (Å²) in [6.45, 7) is 4.25. The number of aromatic nitrogens is 2. The van der Waals surface area contributed by atoms with Gasteiger partial charge in [0.25, 0.3) is 5.66 Å². The number of rotatable bonds is 8. The first-order valence-corrected chi connectivity index (χ1v) is 13.0. The van der Waals surface area contributed by atoms with E-state index in [9.17, 15) is 18.7 Å². The van der Waals surface area contributed by atoms with E-state index in [2.05, 4.69) is 37.0 Å². The number of pyridine rings is 1. The zero-order valence-electron chi connectivity index (χ0n) is 19.3. The molecule has 3 heterocycles. The summed E-state index contributed by atoms with van der Waals surface area (Å²) in [5, 5.41) is 10.2. The van der Waals surface area contributed by atoms with Crippen molar-refractivity contribution >= 4 is 48.8 Å². The summed E-state index contributed by atoms with van der Waals surface area (Å²) >= 11 is 3.10. The molecule has 4 aromatic rings. The predicted molar refractivity (Wildman–Crippen MR) is 142 cm³/mol. The molecule has 1 atom stereocenters. The highest BCUT2D eigenvalue weighted by Crippen LogP contribution is 2.42. The summed E-state index contributed by atoms with van der Waals surface area (Å²) in [6, 6.07) is 15.2. The highest BCUT2D eigenvalue weighted by Gasteiger charge is 2.29. The third-order valence-electron chi connectivity index (χ3n) is 5.26. The van der Waals surface area contributed by atoms with Crippen LogP contribution in [0.15, 0.2) is 54.7 Å². The van der Waals surface area contributed by atoms with Gasteiger partial charge in [0.15, 0.2) is 5.13 Å². The fraction of sp³-hybridized carbons (Fsp3) is 0.240. The molecule has 1 aromatic carbocycles. The Labute approximate surface area is 212 Å². The monoisotopic (exact) mass is 531 g/mol. The van der Waals surface area contributed by atoms with Crippen LogP contribution >= 0.6 is 31.9 Å². The van der Waals surface area contributed by atoms with E-state index < -0.39 is 17.2 Å². The number of hydrogen-bond donors (Lipinski definition) is 1. The first kappa shape index (κ1) is 25.4. The molecule has 5 nitrogen and oxygen atoms in total. The van der Waals surface area contributed by atoms with Gasteiger partial charge in [-0.15, -0.1) is 22.7 Å². The second-order valence-electron chi connectivity index (χ2n) is 8.48. The number of nitrogens with zero attached hydrogens (tertiary/aromatic N) is 3. The number of carboxylic acid groups (broad SMARTS) is 1. The summed E-state index contributed by atoms with van der Waals surface area (Å²) < 4.78 is 27.5. The van der Waals surface area contributed by atoms with E-state index in [4.69, 9.17) is 4.98 Å². The summed E-state index contributed by atoms with van der Waals surface area (Å²) in [4.78, 5) is 25.6. The summed E-state index contributed by atoms with van der Waals surface area (Å²) in [5.74, 6) is -0.888. The van der Waals surface area contributed by atoms with Crippen LogP contribution in [0.2, 0.25) is 0 Å². The van der Waals surface area contributed by atoms with Gasteiger partial charge in [-0.05, 0) is 36.1 Å². The van der Waals surface area contributed by atoms with Gasteiger partial charge < -0.3 is 10.0 Å². The molecular formula is C25H24F2N3O2PS2. The molecule has 0 saturated carbocycles. The van der Waals surface area contributed by atoms with Crippen LogP contribution in [-0.4, -0.2) is 28.1 Å². The first-order valence-electron chi connectivity index (χ1n) is 10.8. The van der Waals surface area contributed by atoms with Crippen molar-refractivity contribution in [3.63, 3.8) is 0 Å².